The van der Waals surface area contributed by atoms with Gasteiger partial charge in [0.1, 0.15) is 5.75 Å². The number of carbonyl (C=O) groups is 1. The number of nitro benzene ring substituents is 1. The van der Waals surface area contributed by atoms with Crippen LogP contribution >= 0.6 is 0 Å². The van der Waals surface area contributed by atoms with Crippen molar-refractivity contribution in [1.29, 1.82) is 0 Å². The molecule has 5 nitrogen and oxygen atoms in total. The molecule has 0 bridgehead atoms. The first-order valence-electron chi connectivity index (χ1n) is 10.1. The van der Waals surface area contributed by atoms with Crippen molar-refractivity contribution in [2.45, 2.75) is 58.3 Å². The molecule has 0 aliphatic heterocycles. The van der Waals surface area contributed by atoms with Crippen LogP contribution < -0.4 is 4.74 Å². The number of nitrogens with zero attached hydrogens (tertiary/aromatic N) is 1. The second kappa shape index (κ2) is 11.9. The summed E-state index contributed by atoms with van der Waals surface area (Å²) in [7, 11) is 0. The Morgan fingerprint density at radius 1 is 0.893 bits per heavy atom. The number of rotatable bonds is 13. The number of benzene rings is 2. The molecule has 0 saturated heterocycles. The first kappa shape index (κ1) is 21.6. The van der Waals surface area contributed by atoms with Gasteiger partial charge in [-0.15, -0.1) is 0 Å². The van der Waals surface area contributed by atoms with Gasteiger partial charge in [0.05, 0.1) is 11.5 Å². The quantitative estimate of drug-likeness (QED) is 0.175. The number of hydrogen-bond donors (Lipinski definition) is 0. The van der Waals surface area contributed by atoms with Gasteiger partial charge < -0.3 is 4.74 Å². The van der Waals surface area contributed by atoms with Crippen molar-refractivity contribution in [3.63, 3.8) is 0 Å². The Morgan fingerprint density at radius 2 is 1.54 bits per heavy atom. The topological polar surface area (TPSA) is 69.4 Å². The predicted octanol–water partition coefficient (Wildman–Crippen LogP) is 6.35. The van der Waals surface area contributed by atoms with Crippen LogP contribution in [0, 0.1) is 10.1 Å². The third kappa shape index (κ3) is 7.14. The highest BCUT2D eigenvalue weighted by Crippen LogP contribution is 2.19. The standard InChI is InChI=1S/C23H29NO4/c1-2-3-4-5-6-7-8-9-17-28-22-15-13-19(14-16-22)23(25)20-11-10-12-21(18-20)24(26)27/h10-16,18H,2-9,17H2,1H3. The van der Waals surface area contributed by atoms with Crippen LogP contribution in [0.5, 0.6) is 5.75 Å². The van der Waals surface area contributed by atoms with Gasteiger partial charge in [0, 0.05) is 23.3 Å². The number of non-ortho nitro benzene ring substituents is 1. The van der Waals surface area contributed by atoms with Gasteiger partial charge in [0.25, 0.3) is 5.69 Å². The first-order valence-corrected chi connectivity index (χ1v) is 10.1. The van der Waals surface area contributed by atoms with Crippen molar-refractivity contribution < 1.29 is 14.5 Å². The van der Waals surface area contributed by atoms with Crippen molar-refractivity contribution in [2.75, 3.05) is 6.61 Å². The lowest BCUT2D eigenvalue weighted by molar-refractivity contribution is -0.384. The summed E-state index contributed by atoms with van der Waals surface area (Å²) in [6.45, 7) is 2.90. The van der Waals surface area contributed by atoms with Gasteiger partial charge in [-0.2, -0.15) is 0 Å². The van der Waals surface area contributed by atoms with E-state index in [0.717, 1.165) is 12.2 Å². The van der Waals surface area contributed by atoms with Crippen LogP contribution in [-0.4, -0.2) is 17.3 Å². The lowest BCUT2D eigenvalue weighted by Gasteiger charge is -2.07. The molecule has 2 aromatic carbocycles. The molecule has 0 spiro atoms. The van der Waals surface area contributed by atoms with Crippen LogP contribution in [-0.2, 0) is 0 Å². The Labute approximate surface area is 166 Å². The van der Waals surface area contributed by atoms with Crippen LogP contribution in [0.3, 0.4) is 0 Å². The molecule has 2 rings (SSSR count). The number of hydrogen-bond acceptors (Lipinski definition) is 4. The van der Waals surface area contributed by atoms with Gasteiger partial charge in [0.2, 0.25) is 0 Å². The molecule has 0 aromatic heterocycles. The van der Waals surface area contributed by atoms with Crippen LogP contribution in [0.2, 0.25) is 0 Å². The third-order valence-corrected chi connectivity index (χ3v) is 4.70. The molecule has 28 heavy (non-hydrogen) atoms. The summed E-state index contributed by atoms with van der Waals surface area (Å²) in [6, 6.07) is 12.7. The minimum atomic E-state index is -0.501. The second-order valence-electron chi connectivity index (χ2n) is 6.98. The highest BCUT2D eigenvalue weighted by atomic mass is 16.6. The highest BCUT2D eigenvalue weighted by Gasteiger charge is 2.13. The molecule has 0 fully saturated rings. The van der Waals surface area contributed by atoms with E-state index in [0.29, 0.717) is 17.7 Å². The van der Waals surface area contributed by atoms with Crippen molar-refractivity contribution >= 4 is 11.5 Å². The van der Waals surface area contributed by atoms with Gasteiger partial charge >= 0.3 is 0 Å². The molecule has 0 amide bonds. The minimum Gasteiger partial charge on any atom is -0.494 e. The zero-order valence-corrected chi connectivity index (χ0v) is 16.6. The fourth-order valence-electron chi connectivity index (χ4n) is 3.06. The number of ether oxygens (including phenoxy) is 1. The molecule has 0 N–H and O–H groups in total. The maximum absolute atomic E-state index is 12.5. The largest absolute Gasteiger partial charge is 0.494 e. The zero-order chi connectivity index (χ0) is 20.2. The maximum Gasteiger partial charge on any atom is 0.270 e. The molecular weight excluding hydrogens is 354 g/mol. The van der Waals surface area contributed by atoms with Crippen molar-refractivity contribution in [2.24, 2.45) is 0 Å². The van der Waals surface area contributed by atoms with Crippen LogP contribution in [0.4, 0.5) is 5.69 Å². The summed E-state index contributed by atoms with van der Waals surface area (Å²) >= 11 is 0. The molecule has 0 radical (unpaired) electrons. The summed E-state index contributed by atoms with van der Waals surface area (Å²) in [5.74, 6) is 0.497. The Balaban J connectivity index is 1.75. The molecule has 0 aliphatic carbocycles. The fraction of sp³-hybridized carbons (Fsp3) is 0.435. The van der Waals surface area contributed by atoms with Crippen LogP contribution in [0.1, 0.15) is 74.2 Å². The molecule has 0 aliphatic rings. The van der Waals surface area contributed by atoms with Gasteiger partial charge in [-0.3, -0.25) is 14.9 Å². The number of carbonyl (C=O) groups excluding carboxylic acids is 1. The van der Waals surface area contributed by atoms with Crippen molar-refractivity contribution in [3.8, 4) is 5.75 Å². The average Bonchev–Trinajstić information content (AvgIpc) is 2.72. The average molecular weight is 383 g/mol. The van der Waals surface area contributed by atoms with E-state index in [4.69, 9.17) is 4.74 Å². The molecule has 0 saturated carbocycles. The van der Waals surface area contributed by atoms with Crippen LogP contribution in [0.15, 0.2) is 48.5 Å². The van der Waals surface area contributed by atoms with Gasteiger partial charge in [-0.05, 0) is 30.7 Å². The summed E-state index contributed by atoms with van der Waals surface area (Å²) < 4.78 is 5.74. The van der Waals surface area contributed by atoms with E-state index in [2.05, 4.69) is 6.92 Å². The van der Waals surface area contributed by atoms with E-state index in [-0.39, 0.29) is 11.5 Å². The van der Waals surface area contributed by atoms with Crippen molar-refractivity contribution in [3.05, 3.63) is 69.8 Å². The molecular formula is C23H29NO4. The number of ketones is 1. The number of unbranched alkanes of at least 4 members (excludes halogenated alkanes) is 7. The summed E-state index contributed by atoms with van der Waals surface area (Å²) in [5, 5.41) is 10.9. The van der Waals surface area contributed by atoms with E-state index in [1.807, 2.05) is 0 Å². The fourth-order valence-corrected chi connectivity index (χ4v) is 3.06. The molecule has 0 unspecified atom stereocenters. The Morgan fingerprint density at radius 3 is 2.18 bits per heavy atom. The zero-order valence-electron chi connectivity index (χ0n) is 16.6. The molecule has 0 atom stereocenters. The summed E-state index contributed by atoms with van der Waals surface area (Å²) in [6.07, 6.45) is 10.0. The third-order valence-electron chi connectivity index (χ3n) is 4.70. The smallest absolute Gasteiger partial charge is 0.270 e. The minimum absolute atomic E-state index is 0.0869. The lowest BCUT2D eigenvalue weighted by Crippen LogP contribution is -2.03. The molecule has 150 valence electrons. The van der Waals surface area contributed by atoms with E-state index in [1.54, 1.807) is 30.3 Å². The van der Waals surface area contributed by atoms with E-state index < -0.39 is 4.92 Å². The summed E-state index contributed by atoms with van der Waals surface area (Å²) in [4.78, 5) is 22.9. The first-order chi connectivity index (χ1) is 13.6. The predicted molar refractivity (Wildman–Crippen MR) is 111 cm³/mol. The SMILES string of the molecule is CCCCCCCCCCOc1ccc(C(=O)c2cccc([N+](=O)[O-])c2)cc1. The lowest BCUT2D eigenvalue weighted by atomic mass is 10.0. The Hall–Kier alpha value is -2.69. The molecule has 2 aromatic rings. The second-order valence-corrected chi connectivity index (χ2v) is 6.98. The monoisotopic (exact) mass is 383 g/mol. The van der Waals surface area contributed by atoms with Crippen molar-refractivity contribution in [1.82, 2.24) is 0 Å². The Kier molecular flexibility index (Phi) is 9.19. The molecule has 5 heteroatoms. The maximum atomic E-state index is 12.5. The van der Waals surface area contributed by atoms with E-state index >= 15 is 0 Å². The Bertz CT molecular complexity index is 755. The van der Waals surface area contributed by atoms with E-state index in [1.165, 1.54) is 63.1 Å². The highest BCUT2D eigenvalue weighted by molar-refractivity contribution is 6.09. The summed E-state index contributed by atoms with van der Waals surface area (Å²) in [5.41, 5.74) is 0.706. The molecule has 0 heterocycles. The van der Waals surface area contributed by atoms with Gasteiger partial charge in [0.15, 0.2) is 5.78 Å². The van der Waals surface area contributed by atoms with Gasteiger partial charge in [-0.1, -0.05) is 64.0 Å². The van der Waals surface area contributed by atoms with E-state index in [9.17, 15) is 14.9 Å². The normalized spacial score (nSPS) is 10.6. The van der Waals surface area contributed by atoms with Gasteiger partial charge in [-0.25, -0.2) is 0 Å². The number of nitro groups is 1. The van der Waals surface area contributed by atoms with Crippen LogP contribution in [0.25, 0.3) is 0 Å².